The van der Waals surface area contributed by atoms with Gasteiger partial charge in [0.25, 0.3) is 0 Å². The van der Waals surface area contributed by atoms with Crippen LogP contribution >= 0.6 is 11.8 Å². The van der Waals surface area contributed by atoms with Gasteiger partial charge in [0.2, 0.25) is 0 Å². The zero-order valence-electron chi connectivity index (χ0n) is 7.18. The summed E-state index contributed by atoms with van der Waals surface area (Å²) in [4.78, 5) is 0.0475. The maximum atomic E-state index is 5.75. The minimum atomic E-state index is 0.0475. The smallest absolute Gasteiger partial charge is 0.108 e. The van der Waals surface area contributed by atoms with Crippen molar-refractivity contribution in [1.82, 2.24) is 0 Å². The Morgan fingerprint density at radius 2 is 2.00 bits per heavy atom. The highest BCUT2D eigenvalue weighted by atomic mass is 32.2. The first kappa shape index (κ1) is 8.41. The summed E-state index contributed by atoms with van der Waals surface area (Å²) >= 11 is 1.91. The topological polar surface area (TPSA) is 9.23 Å². The third kappa shape index (κ3) is 1.89. The molecule has 0 aromatic carbocycles. The van der Waals surface area contributed by atoms with Gasteiger partial charge in [-0.2, -0.15) is 0 Å². The number of rotatable bonds is 0. The van der Waals surface area contributed by atoms with E-state index in [9.17, 15) is 0 Å². The van der Waals surface area contributed by atoms with Crippen LogP contribution in [0.15, 0.2) is 0 Å². The highest BCUT2D eigenvalue weighted by Crippen LogP contribution is 2.36. The van der Waals surface area contributed by atoms with Crippen LogP contribution in [0.25, 0.3) is 0 Å². The second-order valence-corrected chi connectivity index (χ2v) is 5.12. The summed E-state index contributed by atoms with van der Waals surface area (Å²) < 4.78 is 5.75. The molecule has 0 amide bonds. The van der Waals surface area contributed by atoms with Gasteiger partial charge in [0, 0.05) is 5.75 Å². The Labute approximate surface area is 67.5 Å². The Hall–Kier alpha value is 0.310. The number of hydrogen-bond acceptors (Lipinski definition) is 2. The van der Waals surface area contributed by atoms with Gasteiger partial charge in [0.1, 0.15) is 4.93 Å². The molecule has 1 nitrogen and oxygen atoms in total. The molecular formula is C8H16OS. The molecular weight excluding hydrogens is 144 g/mol. The van der Waals surface area contributed by atoms with E-state index < -0.39 is 0 Å². The van der Waals surface area contributed by atoms with Gasteiger partial charge in [0.05, 0.1) is 6.10 Å². The average molecular weight is 160 g/mol. The van der Waals surface area contributed by atoms with E-state index in [-0.39, 0.29) is 4.93 Å². The van der Waals surface area contributed by atoms with Crippen molar-refractivity contribution in [3.05, 3.63) is 0 Å². The van der Waals surface area contributed by atoms with Gasteiger partial charge in [-0.3, -0.25) is 0 Å². The summed E-state index contributed by atoms with van der Waals surface area (Å²) in [6, 6.07) is 0. The molecule has 1 fully saturated rings. The molecule has 0 N–H and O–H groups in total. The molecule has 1 heterocycles. The summed E-state index contributed by atoms with van der Waals surface area (Å²) in [5.41, 5.74) is 0. The molecule has 2 unspecified atom stereocenters. The van der Waals surface area contributed by atoms with Crippen LogP contribution in [0, 0.1) is 5.92 Å². The largest absolute Gasteiger partial charge is 0.362 e. The Balaban J connectivity index is 2.49. The maximum absolute atomic E-state index is 5.75. The van der Waals surface area contributed by atoms with E-state index >= 15 is 0 Å². The highest BCUT2D eigenvalue weighted by Gasteiger charge is 2.30. The average Bonchev–Trinajstić information content (AvgIpc) is 1.79. The maximum Gasteiger partial charge on any atom is 0.108 e. The Bertz CT molecular complexity index is 122. The molecule has 1 rings (SSSR count). The first-order chi connectivity index (χ1) is 4.51. The van der Waals surface area contributed by atoms with E-state index in [1.54, 1.807) is 0 Å². The van der Waals surface area contributed by atoms with Crippen molar-refractivity contribution in [2.24, 2.45) is 5.92 Å². The minimum absolute atomic E-state index is 0.0475. The van der Waals surface area contributed by atoms with E-state index in [1.807, 2.05) is 11.8 Å². The van der Waals surface area contributed by atoms with Crippen LogP contribution in [0.3, 0.4) is 0 Å². The van der Waals surface area contributed by atoms with Crippen molar-refractivity contribution < 1.29 is 4.74 Å². The molecule has 0 saturated carbocycles. The van der Waals surface area contributed by atoms with Crippen molar-refractivity contribution in [1.29, 1.82) is 0 Å². The SMILES string of the molecule is CC1CSC(C)(C)OC1C. The Morgan fingerprint density at radius 3 is 2.40 bits per heavy atom. The molecule has 2 heteroatoms. The molecule has 0 bridgehead atoms. The van der Waals surface area contributed by atoms with Crippen LogP contribution < -0.4 is 0 Å². The third-order valence-corrected chi connectivity index (χ3v) is 3.45. The molecule has 0 aromatic heterocycles. The predicted octanol–water partition coefficient (Wildman–Crippen LogP) is 2.51. The van der Waals surface area contributed by atoms with E-state index in [1.165, 1.54) is 5.75 Å². The van der Waals surface area contributed by atoms with E-state index in [2.05, 4.69) is 27.7 Å². The van der Waals surface area contributed by atoms with Gasteiger partial charge in [0.15, 0.2) is 0 Å². The van der Waals surface area contributed by atoms with Crippen molar-refractivity contribution >= 4 is 11.8 Å². The quantitative estimate of drug-likeness (QED) is 0.538. The fraction of sp³-hybridized carbons (Fsp3) is 1.00. The van der Waals surface area contributed by atoms with Crippen LogP contribution in [0.1, 0.15) is 27.7 Å². The number of ether oxygens (including phenoxy) is 1. The second kappa shape index (κ2) is 2.74. The van der Waals surface area contributed by atoms with Crippen LogP contribution in [-0.2, 0) is 4.74 Å². The van der Waals surface area contributed by atoms with Gasteiger partial charge in [-0.15, -0.1) is 11.8 Å². The first-order valence-electron chi connectivity index (χ1n) is 3.83. The summed E-state index contributed by atoms with van der Waals surface area (Å²) in [6.07, 6.45) is 0.427. The lowest BCUT2D eigenvalue weighted by atomic mass is 10.1. The van der Waals surface area contributed by atoms with E-state index in [0.717, 1.165) is 0 Å². The monoisotopic (exact) mass is 160 g/mol. The van der Waals surface area contributed by atoms with E-state index in [4.69, 9.17) is 4.74 Å². The lowest BCUT2D eigenvalue weighted by Gasteiger charge is -2.37. The normalized spacial score (nSPS) is 39.6. The molecule has 0 aliphatic carbocycles. The van der Waals surface area contributed by atoms with Crippen molar-refractivity contribution in [3.63, 3.8) is 0 Å². The van der Waals surface area contributed by atoms with Crippen LogP contribution in [0.5, 0.6) is 0 Å². The number of hydrogen-bond donors (Lipinski definition) is 0. The fourth-order valence-electron chi connectivity index (χ4n) is 1.07. The molecule has 0 radical (unpaired) electrons. The second-order valence-electron chi connectivity index (χ2n) is 3.51. The predicted molar refractivity (Wildman–Crippen MR) is 46.2 cm³/mol. The summed E-state index contributed by atoms with van der Waals surface area (Å²) in [7, 11) is 0. The van der Waals surface area contributed by atoms with Crippen molar-refractivity contribution in [3.8, 4) is 0 Å². The molecule has 10 heavy (non-hydrogen) atoms. The number of thioether (sulfide) groups is 1. The van der Waals surface area contributed by atoms with Crippen LogP contribution in [0.2, 0.25) is 0 Å². The molecule has 2 atom stereocenters. The zero-order chi connectivity index (χ0) is 7.78. The molecule has 1 aliphatic heterocycles. The first-order valence-corrected chi connectivity index (χ1v) is 4.81. The molecule has 1 saturated heterocycles. The molecule has 60 valence electrons. The van der Waals surface area contributed by atoms with Crippen LogP contribution in [0.4, 0.5) is 0 Å². The van der Waals surface area contributed by atoms with Gasteiger partial charge in [-0.05, 0) is 26.7 Å². The fourth-order valence-corrected chi connectivity index (χ4v) is 2.22. The van der Waals surface area contributed by atoms with E-state index in [0.29, 0.717) is 12.0 Å². The highest BCUT2D eigenvalue weighted by molar-refractivity contribution is 8.00. The standard InChI is InChI=1S/C8H16OS/c1-6-5-10-8(3,4)9-7(6)2/h6-7H,5H2,1-4H3. The third-order valence-electron chi connectivity index (χ3n) is 1.96. The summed E-state index contributed by atoms with van der Waals surface area (Å²) in [5.74, 6) is 1.94. The zero-order valence-corrected chi connectivity index (χ0v) is 7.99. The Morgan fingerprint density at radius 1 is 1.40 bits per heavy atom. The van der Waals surface area contributed by atoms with Crippen molar-refractivity contribution in [2.45, 2.75) is 38.7 Å². The van der Waals surface area contributed by atoms with Crippen LogP contribution in [-0.4, -0.2) is 16.8 Å². The van der Waals surface area contributed by atoms with Gasteiger partial charge in [-0.25, -0.2) is 0 Å². The molecule has 0 spiro atoms. The summed E-state index contributed by atoms with van der Waals surface area (Å²) in [5, 5.41) is 0. The Kier molecular flexibility index (Phi) is 2.31. The lowest BCUT2D eigenvalue weighted by molar-refractivity contribution is -0.0352. The summed E-state index contributed by atoms with van der Waals surface area (Å²) in [6.45, 7) is 8.68. The van der Waals surface area contributed by atoms with Gasteiger partial charge < -0.3 is 4.74 Å². The minimum Gasteiger partial charge on any atom is -0.362 e. The molecule has 0 aromatic rings. The van der Waals surface area contributed by atoms with Gasteiger partial charge in [-0.1, -0.05) is 6.92 Å². The van der Waals surface area contributed by atoms with Gasteiger partial charge >= 0.3 is 0 Å². The molecule has 1 aliphatic rings. The lowest BCUT2D eigenvalue weighted by Crippen LogP contribution is -2.36. The van der Waals surface area contributed by atoms with Crippen molar-refractivity contribution in [2.75, 3.05) is 5.75 Å².